The monoisotopic (exact) mass is 246 g/mol. The molecule has 0 aromatic rings. The van der Waals surface area contributed by atoms with Crippen molar-refractivity contribution in [2.75, 3.05) is 0 Å². The van der Waals surface area contributed by atoms with Gasteiger partial charge in [-0.2, -0.15) is 0 Å². The number of fused-ring (bicyclic) bond motifs is 2. The zero-order chi connectivity index (χ0) is 13.1. The molecule has 0 aromatic heterocycles. The molecule has 3 nitrogen and oxygen atoms in total. The second-order valence-corrected chi connectivity index (χ2v) is 6.09. The van der Waals surface area contributed by atoms with Gasteiger partial charge in [-0.15, -0.1) is 0 Å². The molecule has 3 rings (SSSR count). The Labute approximate surface area is 107 Å². The SMILES string of the molecule is CC1=C2C[C@H]3[C@@H](C)C(=O)C=CC3(C)C[C@H]2OC1=O. The molecule has 0 spiro atoms. The lowest BCUT2D eigenvalue weighted by Gasteiger charge is -2.46. The zero-order valence-corrected chi connectivity index (χ0v) is 11.0. The number of rotatable bonds is 0. The Hall–Kier alpha value is -1.38. The second kappa shape index (κ2) is 3.56. The molecular weight excluding hydrogens is 228 g/mol. The van der Waals surface area contributed by atoms with E-state index in [2.05, 4.69) is 6.92 Å². The lowest BCUT2D eigenvalue weighted by atomic mass is 9.58. The fraction of sp³-hybridized carbons (Fsp3) is 0.600. The van der Waals surface area contributed by atoms with Gasteiger partial charge in [-0.1, -0.05) is 19.9 Å². The van der Waals surface area contributed by atoms with E-state index in [9.17, 15) is 9.59 Å². The van der Waals surface area contributed by atoms with Gasteiger partial charge in [0.2, 0.25) is 0 Å². The van der Waals surface area contributed by atoms with Crippen molar-refractivity contribution < 1.29 is 14.3 Å². The van der Waals surface area contributed by atoms with Crippen LogP contribution < -0.4 is 0 Å². The van der Waals surface area contributed by atoms with Gasteiger partial charge in [0.15, 0.2) is 5.78 Å². The topological polar surface area (TPSA) is 43.4 Å². The highest BCUT2D eigenvalue weighted by molar-refractivity contribution is 5.94. The van der Waals surface area contributed by atoms with Crippen LogP contribution in [0.15, 0.2) is 23.3 Å². The normalized spacial score (nSPS) is 42.7. The smallest absolute Gasteiger partial charge is 0.334 e. The largest absolute Gasteiger partial charge is 0.454 e. The van der Waals surface area contributed by atoms with E-state index in [1.165, 1.54) is 0 Å². The van der Waals surface area contributed by atoms with Crippen molar-refractivity contribution in [2.24, 2.45) is 17.3 Å². The molecule has 0 radical (unpaired) electrons. The maximum absolute atomic E-state index is 11.8. The van der Waals surface area contributed by atoms with Crippen molar-refractivity contribution >= 4 is 11.8 Å². The van der Waals surface area contributed by atoms with Crippen LogP contribution in [0, 0.1) is 17.3 Å². The number of hydrogen-bond donors (Lipinski definition) is 0. The van der Waals surface area contributed by atoms with Gasteiger partial charge in [-0.25, -0.2) is 4.79 Å². The highest BCUT2D eigenvalue weighted by atomic mass is 16.5. The molecule has 3 heteroatoms. The van der Waals surface area contributed by atoms with Gasteiger partial charge in [-0.3, -0.25) is 4.79 Å². The molecule has 1 saturated carbocycles. The van der Waals surface area contributed by atoms with Crippen molar-refractivity contribution in [1.82, 2.24) is 0 Å². The molecule has 0 aromatic carbocycles. The lowest BCUT2D eigenvalue weighted by Crippen LogP contribution is -2.44. The number of carbonyl (C=O) groups is 2. The molecule has 96 valence electrons. The maximum atomic E-state index is 11.8. The molecule has 0 N–H and O–H groups in total. The van der Waals surface area contributed by atoms with Crippen molar-refractivity contribution in [1.29, 1.82) is 0 Å². The quantitative estimate of drug-likeness (QED) is 0.616. The lowest BCUT2D eigenvalue weighted by molar-refractivity contribution is -0.142. The third-order valence-electron chi connectivity index (χ3n) is 5.02. The van der Waals surface area contributed by atoms with E-state index in [-0.39, 0.29) is 29.2 Å². The van der Waals surface area contributed by atoms with Crippen molar-refractivity contribution in [3.8, 4) is 0 Å². The summed E-state index contributed by atoms with van der Waals surface area (Å²) in [7, 11) is 0. The summed E-state index contributed by atoms with van der Waals surface area (Å²) in [5.41, 5.74) is 1.86. The number of carbonyl (C=O) groups excluding carboxylic acids is 2. The molecule has 1 heterocycles. The van der Waals surface area contributed by atoms with Crippen LogP contribution >= 0.6 is 0 Å². The Morgan fingerprint density at radius 2 is 2.11 bits per heavy atom. The number of ketones is 1. The van der Waals surface area contributed by atoms with E-state index in [1.807, 2.05) is 19.9 Å². The summed E-state index contributed by atoms with van der Waals surface area (Å²) in [5.74, 6) is 0.363. The Morgan fingerprint density at radius 3 is 2.83 bits per heavy atom. The van der Waals surface area contributed by atoms with E-state index in [1.54, 1.807) is 6.08 Å². The third-order valence-corrected chi connectivity index (χ3v) is 5.02. The number of ether oxygens (including phenoxy) is 1. The zero-order valence-electron chi connectivity index (χ0n) is 11.0. The van der Waals surface area contributed by atoms with Gasteiger partial charge in [0, 0.05) is 11.5 Å². The van der Waals surface area contributed by atoms with Crippen LogP contribution in [0.25, 0.3) is 0 Å². The summed E-state index contributed by atoms with van der Waals surface area (Å²) in [6.07, 6.45) is 5.29. The molecule has 1 fully saturated rings. The predicted octanol–water partition coefficient (Wildman–Crippen LogP) is 2.42. The molecule has 0 amide bonds. The van der Waals surface area contributed by atoms with E-state index in [4.69, 9.17) is 4.74 Å². The summed E-state index contributed by atoms with van der Waals surface area (Å²) in [6, 6.07) is 0. The fourth-order valence-corrected chi connectivity index (χ4v) is 3.69. The first kappa shape index (κ1) is 11.7. The second-order valence-electron chi connectivity index (χ2n) is 6.09. The van der Waals surface area contributed by atoms with Gasteiger partial charge in [0.25, 0.3) is 0 Å². The van der Waals surface area contributed by atoms with Crippen molar-refractivity contribution in [3.05, 3.63) is 23.3 Å². The Morgan fingerprint density at radius 1 is 1.39 bits per heavy atom. The van der Waals surface area contributed by atoms with Crippen molar-refractivity contribution in [2.45, 2.75) is 39.7 Å². The number of allylic oxidation sites excluding steroid dienone is 2. The van der Waals surface area contributed by atoms with Gasteiger partial charge in [0.1, 0.15) is 6.10 Å². The van der Waals surface area contributed by atoms with Crippen LogP contribution in [-0.2, 0) is 14.3 Å². The van der Waals surface area contributed by atoms with Crippen LogP contribution in [0.3, 0.4) is 0 Å². The standard InChI is InChI=1S/C15H18O3/c1-8-10-6-11-9(2)12(16)4-5-15(11,3)7-13(10)18-14(8)17/h4-5,9,11,13H,6-7H2,1-3H3/t9-,11+,13-,15?/m1/s1. The van der Waals surface area contributed by atoms with Crippen LogP contribution in [-0.4, -0.2) is 17.9 Å². The Bertz CT molecular complexity index is 500. The average molecular weight is 246 g/mol. The number of esters is 1. The predicted molar refractivity (Wildman–Crippen MR) is 66.7 cm³/mol. The van der Waals surface area contributed by atoms with E-state index < -0.39 is 0 Å². The molecule has 1 aliphatic heterocycles. The van der Waals surface area contributed by atoms with Crippen LogP contribution in [0.5, 0.6) is 0 Å². The van der Waals surface area contributed by atoms with Gasteiger partial charge in [-0.05, 0) is 42.7 Å². The maximum Gasteiger partial charge on any atom is 0.334 e. The molecule has 0 bridgehead atoms. The van der Waals surface area contributed by atoms with E-state index in [0.717, 1.165) is 24.0 Å². The van der Waals surface area contributed by atoms with Crippen LogP contribution in [0.4, 0.5) is 0 Å². The van der Waals surface area contributed by atoms with Crippen molar-refractivity contribution in [3.63, 3.8) is 0 Å². The Kier molecular flexibility index (Phi) is 2.31. The van der Waals surface area contributed by atoms with Gasteiger partial charge in [0.05, 0.1) is 0 Å². The molecule has 4 atom stereocenters. The molecule has 1 unspecified atom stereocenters. The van der Waals surface area contributed by atoms with Crippen LogP contribution in [0.1, 0.15) is 33.6 Å². The summed E-state index contributed by atoms with van der Waals surface area (Å²) >= 11 is 0. The minimum absolute atomic E-state index is 0.0214. The van der Waals surface area contributed by atoms with Gasteiger partial charge < -0.3 is 4.74 Å². The fourth-order valence-electron chi connectivity index (χ4n) is 3.69. The minimum atomic E-state index is -0.180. The van der Waals surface area contributed by atoms with E-state index >= 15 is 0 Å². The molecule has 18 heavy (non-hydrogen) atoms. The van der Waals surface area contributed by atoms with E-state index in [0.29, 0.717) is 5.92 Å². The summed E-state index contributed by atoms with van der Waals surface area (Å²) < 4.78 is 5.42. The highest BCUT2D eigenvalue weighted by Crippen LogP contribution is 2.52. The number of hydrogen-bond acceptors (Lipinski definition) is 3. The highest BCUT2D eigenvalue weighted by Gasteiger charge is 2.50. The summed E-state index contributed by atoms with van der Waals surface area (Å²) in [6.45, 7) is 6.02. The first-order valence-electron chi connectivity index (χ1n) is 6.56. The average Bonchev–Trinajstić information content (AvgIpc) is 2.58. The molecule has 2 aliphatic carbocycles. The molecule has 3 aliphatic rings. The first-order valence-corrected chi connectivity index (χ1v) is 6.56. The van der Waals surface area contributed by atoms with Gasteiger partial charge >= 0.3 is 5.97 Å². The first-order chi connectivity index (χ1) is 8.42. The molecule has 0 saturated heterocycles. The third kappa shape index (κ3) is 1.43. The molecular formula is C15H18O3. The summed E-state index contributed by atoms with van der Waals surface area (Å²) in [4.78, 5) is 23.5. The Balaban J connectivity index is 2.02. The summed E-state index contributed by atoms with van der Waals surface area (Å²) in [5, 5.41) is 0. The minimum Gasteiger partial charge on any atom is -0.454 e. The van der Waals surface area contributed by atoms with Crippen LogP contribution in [0.2, 0.25) is 0 Å².